The zero-order valence-corrected chi connectivity index (χ0v) is 11.8. The molecule has 1 spiro atoms. The number of hydrogen-bond donors (Lipinski definition) is 0. The molecule has 0 saturated carbocycles. The first-order chi connectivity index (χ1) is 9.77. The van der Waals surface area contributed by atoms with E-state index in [2.05, 4.69) is 0 Å². The van der Waals surface area contributed by atoms with Crippen molar-refractivity contribution in [2.75, 3.05) is 26.3 Å². The maximum atomic E-state index is 12.3. The van der Waals surface area contributed by atoms with Gasteiger partial charge in [0.25, 0.3) is 0 Å². The lowest BCUT2D eigenvalue weighted by molar-refractivity contribution is -0.129. The molecular weight excluding hydrogens is 250 g/mol. The molecule has 0 N–H and O–H groups in total. The Kier molecular flexibility index (Phi) is 3.88. The lowest BCUT2D eigenvalue weighted by atomic mass is 9.79. The molecule has 1 aromatic carbocycles. The molecule has 1 atom stereocenters. The summed E-state index contributed by atoms with van der Waals surface area (Å²) in [5.74, 6) is 0.125. The molecule has 2 saturated heterocycles. The number of rotatable bonds is 2. The van der Waals surface area contributed by atoms with E-state index in [0.29, 0.717) is 0 Å². The molecule has 106 valence electrons. The number of carbonyl (C=O) groups excluding carboxylic acids is 1. The number of carbonyl (C=O) groups is 1. The first-order valence-corrected chi connectivity index (χ1v) is 7.37. The summed E-state index contributed by atoms with van der Waals surface area (Å²) in [7, 11) is 0. The van der Waals surface area contributed by atoms with E-state index in [4.69, 9.17) is 4.74 Å². The van der Waals surface area contributed by atoms with E-state index in [0.717, 1.165) is 44.7 Å². The molecule has 2 fully saturated rings. The summed E-state index contributed by atoms with van der Waals surface area (Å²) in [4.78, 5) is 14.3. The smallest absolute Gasteiger partial charge is 0.246 e. The van der Waals surface area contributed by atoms with Gasteiger partial charge >= 0.3 is 0 Å². The van der Waals surface area contributed by atoms with Crippen LogP contribution in [0.5, 0.6) is 0 Å². The number of benzene rings is 1. The SMILES string of the molecule is O=C(/C=C/c1ccccc1)N1CCC[C@@]2(CCOC2)C1. The summed E-state index contributed by atoms with van der Waals surface area (Å²) < 4.78 is 5.54. The van der Waals surface area contributed by atoms with E-state index in [9.17, 15) is 4.79 Å². The number of ether oxygens (including phenoxy) is 1. The largest absolute Gasteiger partial charge is 0.381 e. The van der Waals surface area contributed by atoms with Crippen LogP contribution in [0.1, 0.15) is 24.8 Å². The van der Waals surface area contributed by atoms with Crippen molar-refractivity contribution in [2.45, 2.75) is 19.3 Å². The summed E-state index contributed by atoms with van der Waals surface area (Å²) in [6.07, 6.45) is 6.98. The summed E-state index contributed by atoms with van der Waals surface area (Å²) in [6.45, 7) is 3.39. The Hall–Kier alpha value is -1.61. The predicted molar refractivity (Wildman–Crippen MR) is 79.2 cm³/mol. The Morgan fingerprint density at radius 3 is 2.85 bits per heavy atom. The molecule has 2 aliphatic rings. The highest BCUT2D eigenvalue weighted by Gasteiger charge is 2.39. The van der Waals surface area contributed by atoms with Crippen molar-refractivity contribution in [3.8, 4) is 0 Å². The molecule has 0 radical (unpaired) electrons. The average Bonchev–Trinajstić information content (AvgIpc) is 2.93. The Morgan fingerprint density at radius 1 is 1.25 bits per heavy atom. The minimum absolute atomic E-state index is 0.125. The molecule has 20 heavy (non-hydrogen) atoms. The fourth-order valence-electron chi connectivity index (χ4n) is 3.20. The van der Waals surface area contributed by atoms with Gasteiger partial charge in [-0.15, -0.1) is 0 Å². The van der Waals surface area contributed by atoms with Crippen LogP contribution in [0, 0.1) is 5.41 Å². The summed E-state index contributed by atoms with van der Waals surface area (Å²) in [5.41, 5.74) is 1.30. The van der Waals surface area contributed by atoms with Crippen LogP contribution in [0.15, 0.2) is 36.4 Å². The highest BCUT2D eigenvalue weighted by molar-refractivity contribution is 5.91. The summed E-state index contributed by atoms with van der Waals surface area (Å²) in [5, 5.41) is 0. The molecule has 3 nitrogen and oxygen atoms in total. The molecule has 3 rings (SSSR count). The van der Waals surface area contributed by atoms with Crippen LogP contribution in [0.4, 0.5) is 0 Å². The fourth-order valence-corrected chi connectivity index (χ4v) is 3.20. The third-order valence-corrected chi connectivity index (χ3v) is 4.38. The molecule has 1 amide bonds. The number of likely N-dealkylation sites (tertiary alicyclic amines) is 1. The van der Waals surface area contributed by atoms with Crippen molar-refractivity contribution < 1.29 is 9.53 Å². The van der Waals surface area contributed by atoms with Gasteiger partial charge in [-0.05, 0) is 30.9 Å². The molecule has 1 aromatic rings. The zero-order chi connectivity index (χ0) is 13.8. The minimum atomic E-state index is 0.125. The monoisotopic (exact) mass is 271 g/mol. The van der Waals surface area contributed by atoms with E-state index in [-0.39, 0.29) is 11.3 Å². The molecule has 2 aliphatic heterocycles. The van der Waals surface area contributed by atoms with Crippen LogP contribution < -0.4 is 0 Å². The Labute approximate surface area is 120 Å². The van der Waals surface area contributed by atoms with E-state index >= 15 is 0 Å². The van der Waals surface area contributed by atoms with E-state index in [1.165, 1.54) is 6.42 Å². The fraction of sp³-hybridized carbons (Fsp3) is 0.471. The molecule has 0 aromatic heterocycles. The quantitative estimate of drug-likeness (QED) is 0.774. The lowest BCUT2D eigenvalue weighted by Gasteiger charge is -2.39. The molecule has 3 heteroatoms. The maximum absolute atomic E-state index is 12.3. The topological polar surface area (TPSA) is 29.5 Å². The van der Waals surface area contributed by atoms with E-state index in [1.807, 2.05) is 41.3 Å². The van der Waals surface area contributed by atoms with Crippen molar-refractivity contribution in [1.82, 2.24) is 4.90 Å². The van der Waals surface area contributed by atoms with Crippen LogP contribution in [-0.2, 0) is 9.53 Å². The highest BCUT2D eigenvalue weighted by Crippen LogP contribution is 2.37. The molecule has 0 aliphatic carbocycles. The van der Waals surface area contributed by atoms with Crippen LogP contribution in [-0.4, -0.2) is 37.1 Å². The standard InChI is InChI=1S/C17H21NO2/c19-16(8-7-15-5-2-1-3-6-15)18-11-4-9-17(13-18)10-12-20-14-17/h1-3,5-8H,4,9-14H2/b8-7+/t17-/m1/s1. The number of amides is 1. The third-order valence-electron chi connectivity index (χ3n) is 4.38. The maximum Gasteiger partial charge on any atom is 0.246 e. The first-order valence-electron chi connectivity index (χ1n) is 7.37. The number of nitrogens with zero attached hydrogens (tertiary/aromatic N) is 1. The second-order valence-electron chi connectivity index (χ2n) is 5.91. The Bertz CT molecular complexity index is 489. The van der Waals surface area contributed by atoms with Gasteiger partial charge in [0.2, 0.25) is 5.91 Å². The van der Waals surface area contributed by atoms with Gasteiger partial charge < -0.3 is 9.64 Å². The van der Waals surface area contributed by atoms with Crippen molar-refractivity contribution in [3.05, 3.63) is 42.0 Å². The van der Waals surface area contributed by atoms with Crippen molar-refractivity contribution in [2.24, 2.45) is 5.41 Å². The number of piperidine rings is 1. The van der Waals surface area contributed by atoms with Gasteiger partial charge in [0.1, 0.15) is 0 Å². The normalized spacial score (nSPS) is 26.5. The summed E-state index contributed by atoms with van der Waals surface area (Å²) in [6, 6.07) is 9.96. The number of hydrogen-bond acceptors (Lipinski definition) is 2. The highest BCUT2D eigenvalue weighted by atomic mass is 16.5. The van der Waals surface area contributed by atoms with Crippen molar-refractivity contribution >= 4 is 12.0 Å². The Balaban J connectivity index is 1.63. The van der Waals surface area contributed by atoms with Crippen molar-refractivity contribution in [3.63, 3.8) is 0 Å². The van der Waals surface area contributed by atoms with Crippen LogP contribution >= 0.6 is 0 Å². The first kappa shape index (κ1) is 13.4. The van der Waals surface area contributed by atoms with Gasteiger partial charge in [-0.3, -0.25) is 4.79 Å². The van der Waals surface area contributed by atoms with Crippen LogP contribution in [0.3, 0.4) is 0 Å². The van der Waals surface area contributed by atoms with Gasteiger partial charge in [-0.2, -0.15) is 0 Å². The van der Waals surface area contributed by atoms with Crippen molar-refractivity contribution in [1.29, 1.82) is 0 Å². The van der Waals surface area contributed by atoms with Gasteiger partial charge in [0.15, 0.2) is 0 Å². The lowest BCUT2D eigenvalue weighted by Crippen LogP contribution is -2.45. The van der Waals surface area contributed by atoms with Gasteiger partial charge in [0, 0.05) is 31.2 Å². The summed E-state index contributed by atoms with van der Waals surface area (Å²) >= 11 is 0. The average molecular weight is 271 g/mol. The van der Waals surface area contributed by atoms with E-state index < -0.39 is 0 Å². The minimum Gasteiger partial charge on any atom is -0.381 e. The van der Waals surface area contributed by atoms with Gasteiger partial charge in [0.05, 0.1) is 6.61 Å². The zero-order valence-electron chi connectivity index (χ0n) is 11.8. The predicted octanol–water partition coefficient (Wildman–Crippen LogP) is 2.73. The van der Waals surface area contributed by atoms with Gasteiger partial charge in [-0.25, -0.2) is 0 Å². The molecular formula is C17H21NO2. The molecule has 0 unspecified atom stereocenters. The second kappa shape index (κ2) is 5.80. The third kappa shape index (κ3) is 2.93. The second-order valence-corrected chi connectivity index (χ2v) is 5.91. The van der Waals surface area contributed by atoms with Crippen LogP contribution in [0.2, 0.25) is 0 Å². The molecule has 2 heterocycles. The van der Waals surface area contributed by atoms with Crippen LogP contribution in [0.25, 0.3) is 6.08 Å². The van der Waals surface area contributed by atoms with Gasteiger partial charge in [-0.1, -0.05) is 30.3 Å². The Morgan fingerprint density at radius 2 is 2.10 bits per heavy atom. The van der Waals surface area contributed by atoms with E-state index in [1.54, 1.807) is 6.08 Å². The molecule has 0 bridgehead atoms.